The van der Waals surface area contributed by atoms with Crippen LogP contribution >= 0.6 is 0 Å². The minimum Gasteiger partial charge on any atom is -0.463 e. The first-order valence-corrected chi connectivity index (χ1v) is 3.65. The van der Waals surface area contributed by atoms with Gasteiger partial charge < -0.3 is 4.74 Å². The van der Waals surface area contributed by atoms with Gasteiger partial charge in [0.1, 0.15) is 0 Å². The Balaban J connectivity index is 3.74. The van der Waals surface area contributed by atoms with Crippen molar-refractivity contribution < 1.29 is 9.53 Å². The summed E-state index contributed by atoms with van der Waals surface area (Å²) in [6.45, 7) is 6.15. The fourth-order valence-corrected chi connectivity index (χ4v) is 0.510. The lowest BCUT2D eigenvalue weighted by molar-refractivity contribution is -0.137. The van der Waals surface area contributed by atoms with Gasteiger partial charge in [0, 0.05) is 6.08 Å². The Morgan fingerprint density at radius 1 is 1.45 bits per heavy atom. The third-order valence-electron chi connectivity index (χ3n) is 0.948. The Hall–Kier alpha value is -1.05. The van der Waals surface area contributed by atoms with E-state index in [0.717, 1.165) is 5.57 Å². The Morgan fingerprint density at radius 3 is 2.55 bits per heavy atom. The van der Waals surface area contributed by atoms with Gasteiger partial charge in [-0.1, -0.05) is 17.7 Å². The summed E-state index contributed by atoms with van der Waals surface area (Å²) in [5.41, 5.74) is 1.16. The zero-order valence-electron chi connectivity index (χ0n) is 7.26. The number of hydrogen-bond donors (Lipinski definition) is 0. The Kier molecular flexibility index (Phi) is 5.17. The molecule has 0 heterocycles. The molecule has 0 aromatic heterocycles. The van der Waals surface area contributed by atoms with Crippen molar-refractivity contribution in [2.45, 2.75) is 20.8 Å². The molecule has 11 heavy (non-hydrogen) atoms. The summed E-state index contributed by atoms with van der Waals surface area (Å²) in [5.74, 6) is -0.287. The van der Waals surface area contributed by atoms with Gasteiger partial charge in [-0.3, -0.25) is 0 Å². The smallest absolute Gasteiger partial charge is 0.330 e. The van der Waals surface area contributed by atoms with Gasteiger partial charge in [-0.05, 0) is 20.8 Å². The maximum Gasteiger partial charge on any atom is 0.330 e. The summed E-state index contributed by atoms with van der Waals surface area (Å²) in [7, 11) is 0. The van der Waals surface area contributed by atoms with E-state index >= 15 is 0 Å². The number of esters is 1. The fourth-order valence-electron chi connectivity index (χ4n) is 0.510. The molecule has 0 aliphatic carbocycles. The third kappa shape index (κ3) is 6.84. The molecule has 0 saturated heterocycles. The van der Waals surface area contributed by atoms with Crippen molar-refractivity contribution in [2.24, 2.45) is 0 Å². The van der Waals surface area contributed by atoms with Crippen LogP contribution in [0.2, 0.25) is 0 Å². The van der Waals surface area contributed by atoms with Crippen LogP contribution in [0.25, 0.3) is 0 Å². The number of allylic oxidation sites excluding steroid dienone is 3. The molecule has 0 rings (SSSR count). The van der Waals surface area contributed by atoms with E-state index in [-0.39, 0.29) is 5.97 Å². The highest BCUT2D eigenvalue weighted by Gasteiger charge is 1.89. The number of hydrogen-bond acceptors (Lipinski definition) is 2. The van der Waals surface area contributed by atoms with Gasteiger partial charge in [0.05, 0.1) is 6.61 Å². The Morgan fingerprint density at radius 2 is 2.09 bits per heavy atom. The summed E-state index contributed by atoms with van der Waals surface area (Å²) >= 11 is 0. The molecule has 2 nitrogen and oxygen atoms in total. The van der Waals surface area contributed by atoms with Gasteiger partial charge in [-0.2, -0.15) is 0 Å². The molecule has 0 aliphatic heterocycles. The first-order valence-electron chi connectivity index (χ1n) is 3.65. The molecule has 0 aromatic rings. The van der Waals surface area contributed by atoms with Crippen molar-refractivity contribution in [3.05, 3.63) is 23.8 Å². The second-order valence-electron chi connectivity index (χ2n) is 2.36. The normalized spacial score (nSPS) is 9.73. The van der Waals surface area contributed by atoms with Crippen molar-refractivity contribution in [1.29, 1.82) is 0 Å². The van der Waals surface area contributed by atoms with Gasteiger partial charge in [-0.25, -0.2) is 4.79 Å². The number of carbonyl (C=O) groups is 1. The SMILES string of the molecule is CCOC(=O)/C=C/C=C(C)C. The molecule has 0 fully saturated rings. The van der Waals surface area contributed by atoms with Crippen LogP contribution in [0.5, 0.6) is 0 Å². The van der Waals surface area contributed by atoms with Crippen LogP contribution in [0, 0.1) is 0 Å². The highest BCUT2D eigenvalue weighted by molar-refractivity contribution is 5.82. The first-order chi connectivity index (χ1) is 5.16. The van der Waals surface area contributed by atoms with Gasteiger partial charge in [0.25, 0.3) is 0 Å². The molecule has 0 unspecified atom stereocenters. The second-order valence-corrected chi connectivity index (χ2v) is 2.36. The highest BCUT2D eigenvalue weighted by atomic mass is 16.5. The summed E-state index contributed by atoms with van der Waals surface area (Å²) in [6.07, 6.45) is 4.96. The van der Waals surface area contributed by atoms with Crippen LogP contribution in [0.1, 0.15) is 20.8 Å². The van der Waals surface area contributed by atoms with E-state index in [1.54, 1.807) is 13.0 Å². The summed E-state index contributed by atoms with van der Waals surface area (Å²) in [4.78, 5) is 10.7. The van der Waals surface area contributed by atoms with Crippen LogP contribution in [-0.4, -0.2) is 12.6 Å². The van der Waals surface area contributed by atoms with Gasteiger partial charge in [0.2, 0.25) is 0 Å². The van der Waals surface area contributed by atoms with Crippen LogP contribution < -0.4 is 0 Å². The van der Waals surface area contributed by atoms with Crippen molar-refractivity contribution in [3.63, 3.8) is 0 Å². The van der Waals surface area contributed by atoms with E-state index in [2.05, 4.69) is 4.74 Å². The average molecular weight is 154 g/mol. The van der Waals surface area contributed by atoms with Crippen molar-refractivity contribution in [3.8, 4) is 0 Å². The van der Waals surface area contributed by atoms with E-state index in [9.17, 15) is 4.79 Å². The zero-order chi connectivity index (χ0) is 8.69. The molecule has 0 N–H and O–H groups in total. The lowest BCUT2D eigenvalue weighted by Gasteiger charge is -1.92. The quantitative estimate of drug-likeness (QED) is 0.353. The number of rotatable bonds is 3. The van der Waals surface area contributed by atoms with Crippen molar-refractivity contribution in [1.82, 2.24) is 0 Å². The molecule has 0 aliphatic rings. The summed E-state index contributed by atoms with van der Waals surface area (Å²) in [6, 6.07) is 0. The van der Waals surface area contributed by atoms with E-state index < -0.39 is 0 Å². The molecule has 0 atom stereocenters. The predicted molar refractivity (Wildman–Crippen MR) is 45.2 cm³/mol. The molecule has 62 valence electrons. The molecule has 0 spiro atoms. The van der Waals surface area contributed by atoms with Crippen LogP contribution in [0.3, 0.4) is 0 Å². The van der Waals surface area contributed by atoms with Crippen LogP contribution in [-0.2, 0) is 9.53 Å². The van der Waals surface area contributed by atoms with E-state index in [4.69, 9.17) is 0 Å². The molecule has 2 heteroatoms. The molecule has 0 bridgehead atoms. The molecule has 0 saturated carbocycles. The second kappa shape index (κ2) is 5.71. The summed E-state index contributed by atoms with van der Waals surface area (Å²) in [5, 5.41) is 0. The Labute approximate surface area is 67.6 Å². The molecular formula is C9H14O2. The van der Waals surface area contributed by atoms with Crippen molar-refractivity contribution >= 4 is 5.97 Å². The largest absolute Gasteiger partial charge is 0.463 e. The Bertz CT molecular complexity index is 174. The lowest BCUT2D eigenvalue weighted by atomic mass is 10.3. The topological polar surface area (TPSA) is 26.3 Å². The summed E-state index contributed by atoms with van der Waals surface area (Å²) < 4.78 is 4.67. The minimum atomic E-state index is -0.287. The number of ether oxygens (including phenoxy) is 1. The highest BCUT2D eigenvalue weighted by Crippen LogP contribution is 1.89. The molecule has 0 radical (unpaired) electrons. The van der Waals surface area contributed by atoms with Gasteiger partial charge >= 0.3 is 5.97 Å². The molecular weight excluding hydrogens is 140 g/mol. The first kappa shape index (κ1) is 9.95. The lowest BCUT2D eigenvalue weighted by Crippen LogP contribution is -1.98. The zero-order valence-corrected chi connectivity index (χ0v) is 7.26. The minimum absolute atomic E-state index is 0.287. The van der Waals surface area contributed by atoms with Crippen LogP contribution in [0.4, 0.5) is 0 Å². The average Bonchev–Trinajstić information content (AvgIpc) is 1.87. The van der Waals surface area contributed by atoms with Crippen molar-refractivity contribution in [2.75, 3.05) is 6.61 Å². The standard InChI is InChI=1S/C9H14O2/c1-4-11-9(10)7-5-6-8(2)3/h5-7H,4H2,1-3H3/b7-5+. The third-order valence-corrected chi connectivity index (χ3v) is 0.948. The van der Waals surface area contributed by atoms with E-state index in [1.165, 1.54) is 6.08 Å². The van der Waals surface area contributed by atoms with E-state index in [0.29, 0.717) is 6.61 Å². The molecule has 0 amide bonds. The van der Waals surface area contributed by atoms with Gasteiger partial charge in [-0.15, -0.1) is 0 Å². The molecule has 0 aromatic carbocycles. The monoisotopic (exact) mass is 154 g/mol. The number of carbonyl (C=O) groups excluding carboxylic acids is 1. The maximum absolute atomic E-state index is 10.7. The van der Waals surface area contributed by atoms with Crippen LogP contribution in [0.15, 0.2) is 23.8 Å². The maximum atomic E-state index is 10.7. The fraction of sp³-hybridized carbons (Fsp3) is 0.444. The van der Waals surface area contributed by atoms with Gasteiger partial charge in [0.15, 0.2) is 0 Å². The predicted octanol–water partition coefficient (Wildman–Crippen LogP) is 2.07. The van der Waals surface area contributed by atoms with E-state index in [1.807, 2.05) is 19.9 Å².